The number of halogens is 1. The van der Waals surface area contributed by atoms with Gasteiger partial charge in [0.25, 0.3) is 0 Å². The summed E-state index contributed by atoms with van der Waals surface area (Å²) in [5.74, 6) is 0.475. The molecule has 1 fully saturated rings. The maximum atomic E-state index is 15.5. The normalized spacial score (nSPS) is 17.4. The molecule has 2 aliphatic rings. The number of hydrogen-bond donors (Lipinski definition) is 0. The molecule has 3 heterocycles. The Balaban J connectivity index is 1.44. The van der Waals surface area contributed by atoms with E-state index in [1.165, 1.54) is 0 Å². The highest BCUT2D eigenvalue weighted by Gasteiger charge is 2.17. The van der Waals surface area contributed by atoms with Crippen LogP contribution in [-0.4, -0.2) is 46.8 Å². The topological polar surface area (TPSA) is 44.6 Å². The Morgan fingerprint density at radius 3 is 2.53 bits per heavy atom. The summed E-state index contributed by atoms with van der Waals surface area (Å²) in [7, 11) is 0. The van der Waals surface area contributed by atoms with Crippen LogP contribution in [0.1, 0.15) is 51.3 Å². The van der Waals surface area contributed by atoms with Gasteiger partial charge in [-0.05, 0) is 82.0 Å². The van der Waals surface area contributed by atoms with Gasteiger partial charge in [-0.1, -0.05) is 18.2 Å². The Hall–Kier alpha value is -3.54. The van der Waals surface area contributed by atoms with Crippen LogP contribution in [0.2, 0.25) is 0 Å². The second-order valence-electron chi connectivity index (χ2n) is 9.76. The van der Waals surface area contributed by atoms with Crippen LogP contribution in [0, 0.1) is 6.92 Å². The number of piperazine rings is 1. The molecule has 188 valence electrons. The summed E-state index contributed by atoms with van der Waals surface area (Å²) < 4.78 is 15.5. The maximum Gasteiger partial charge on any atom is 0.151 e. The molecule has 0 aromatic carbocycles. The van der Waals surface area contributed by atoms with E-state index < -0.39 is 0 Å². The van der Waals surface area contributed by atoms with Crippen LogP contribution in [0.4, 0.5) is 15.9 Å². The van der Waals surface area contributed by atoms with E-state index in [4.69, 9.17) is 4.99 Å². The van der Waals surface area contributed by atoms with Gasteiger partial charge in [-0.15, -0.1) is 0 Å². The molecule has 0 N–H and O–H groups in total. The second-order valence-corrected chi connectivity index (χ2v) is 9.76. The number of aliphatic imine (C=N–C) groups is 1. The predicted molar refractivity (Wildman–Crippen MR) is 148 cm³/mol. The number of allylic oxidation sites excluding steroid dienone is 7. The van der Waals surface area contributed by atoms with E-state index in [1.807, 2.05) is 45.2 Å². The van der Waals surface area contributed by atoms with Gasteiger partial charge in [0.05, 0.1) is 11.9 Å². The highest BCUT2D eigenvalue weighted by Crippen LogP contribution is 2.33. The van der Waals surface area contributed by atoms with Crippen LogP contribution >= 0.6 is 0 Å². The Bertz CT molecular complexity index is 1230. The molecule has 0 amide bonds. The van der Waals surface area contributed by atoms with Gasteiger partial charge < -0.3 is 9.80 Å². The van der Waals surface area contributed by atoms with E-state index in [9.17, 15) is 0 Å². The number of pyridine rings is 2. The van der Waals surface area contributed by atoms with Crippen molar-refractivity contribution in [2.24, 2.45) is 4.99 Å². The minimum Gasteiger partial charge on any atom is -0.372 e. The van der Waals surface area contributed by atoms with Gasteiger partial charge in [-0.3, -0.25) is 4.98 Å². The number of nitrogens with zero attached hydrogens (tertiary/aromatic N) is 5. The molecular formula is C30H36FN5. The molecule has 0 bridgehead atoms. The molecule has 0 spiro atoms. The van der Waals surface area contributed by atoms with Gasteiger partial charge in [0.2, 0.25) is 0 Å². The van der Waals surface area contributed by atoms with Crippen molar-refractivity contribution >= 4 is 22.8 Å². The van der Waals surface area contributed by atoms with Crippen LogP contribution in [0.15, 0.2) is 83.1 Å². The molecule has 4 rings (SSSR count). The highest BCUT2D eigenvalue weighted by molar-refractivity contribution is 5.87. The van der Waals surface area contributed by atoms with Crippen molar-refractivity contribution in [1.82, 2.24) is 14.9 Å². The van der Waals surface area contributed by atoms with E-state index in [1.54, 1.807) is 12.3 Å². The van der Waals surface area contributed by atoms with Gasteiger partial charge >= 0.3 is 0 Å². The second kappa shape index (κ2) is 11.5. The lowest BCUT2D eigenvalue weighted by atomic mass is 9.92. The molecule has 1 aliphatic heterocycles. The molecule has 1 aliphatic carbocycles. The first-order valence-corrected chi connectivity index (χ1v) is 12.6. The summed E-state index contributed by atoms with van der Waals surface area (Å²) in [5.41, 5.74) is 7.58. The molecule has 1 saturated heterocycles. The van der Waals surface area contributed by atoms with Crippen LogP contribution in [0.3, 0.4) is 0 Å². The van der Waals surface area contributed by atoms with Crippen LogP contribution < -0.4 is 4.90 Å². The predicted octanol–water partition coefficient (Wildman–Crippen LogP) is 6.97. The smallest absolute Gasteiger partial charge is 0.151 e. The number of aryl methyl sites for hydroxylation is 1. The summed E-state index contributed by atoms with van der Waals surface area (Å²) in [6.07, 6.45) is 9.70. The van der Waals surface area contributed by atoms with E-state index in [0.717, 1.165) is 78.5 Å². The molecule has 0 unspecified atom stereocenters. The zero-order valence-corrected chi connectivity index (χ0v) is 21.9. The number of anilines is 1. The fraction of sp³-hybridized carbons (Fsp3) is 0.367. The van der Waals surface area contributed by atoms with Crippen LogP contribution in [0.25, 0.3) is 5.57 Å². The minimum absolute atomic E-state index is 0.203. The Kier molecular flexibility index (Phi) is 8.14. The summed E-state index contributed by atoms with van der Waals surface area (Å²) in [6, 6.07) is 7.87. The summed E-state index contributed by atoms with van der Waals surface area (Å²) in [4.78, 5) is 18.2. The molecule has 2 aromatic heterocycles. The van der Waals surface area contributed by atoms with Gasteiger partial charge in [-0.2, -0.15) is 0 Å². The number of aromatic nitrogens is 2. The molecule has 36 heavy (non-hydrogen) atoms. The number of rotatable bonds is 6. The first kappa shape index (κ1) is 25.5. The van der Waals surface area contributed by atoms with Crippen LogP contribution in [-0.2, 0) is 0 Å². The fourth-order valence-corrected chi connectivity index (χ4v) is 4.81. The van der Waals surface area contributed by atoms with Crippen LogP contribution in [0.5, 0.6) is 0 Å². The Morgan fingerprint density at radius 1 is 1.08 bits per heavy atom. The Labute approximate surface area is 214 Å². The van der Waals surface area contributed by atoms with Gasteiger partial charge in [-0.25, -0.2) is 14.4 Å². The van der Waals surface area contributed by atoms with E-state index >= 15 is 4.39 Å². The van der Waals surface area contributed by atoms with Crippen molar-refractivity contribution in [2.75, 3.05) is 31.1 Å². The standard InChI is InChI=1S/C30H36FN5/c1-21(2)35-13-15-36(16-14-35)27-9-10-29(33-20-27)34-24(5)17-25-8-6-7-22(3)30(28(31)19-25)26-11-12-32-23(4)18-26/h8-12,18-20H,1,6-7,13-17H2,2-5H3. The van der Waals surface area contributed by atoms with E-state index in [-0.39, 0.29) is 5.83 Å². The molecule has 2 aromatic rings. The zero-order valence-electron chi connectivity index (χ0n) is 21.9. The lowest BCUT2D eigenvalue weighted by Gasteiger charge is -2.37. The van der Waals surface area contributed by atoms with Gasteiger partial charge in [0.15, 0.2) is 5.82 Å². The molecule has 0 radical (unpaired) electrons. The van der Waals surface area contributed by atoms with E-state index in [0.29, 0.717) is 17.8 Å². The average molecular weight is 486 g/mol. The van der Waals surface area contributed by atoms with Gasteiger partial charge in [0.1, 0.15) is 5.83 Å². The minimum atomic E-state index is -0.203. The lowest BCUT2D eigenvalue weighted by molar-refractivity contribution is 0.323. The third-order valence-electron chi connectivity index (χ3n) is 6.77. The fourth-order valence-electron chi connectivity index (χ4n) is 4.81. The maximum absolute atomic E-state index is 15.5. The Morgan fingerprint density at radius 2 is 1.86 bits per heavy atom. The van der Waals surface area contributed by atoms with Crippen molar-refractivity contribution in [3.05, 3.63) is 89.3 Å². The lowest BCUT2D eigenvalue weighted by Crippen LogP contribution is -2.45. The highest BCUT2D eigenvalue weighted by atomic mass is 19.1. The summed E-state index contributed by atoms with van der Waals surface area (Å²) in [5, 5.41) is 0. The number of hydrogen-bond acceptors (Lipinski definition) is 5. The van der Waals surface area contributed by atoms with Crippen molar-refractivity contribution in [3.63, 3.8) is 0 Å². The third-order valence-corrected chi connectivity index (χ3v) is 6.77. The largest absolute Gasteiger partial charge is 0.372 e. The van der Waals surface area contributed by atoms with Gasteiger partial charge in [0, 0.05) is 61.5 Å². The van der Waals surface area contributed by atoms with Crippen molar-refractivity contribution in [2.45, 2.75) is 47.0 Å². The monoisotopic (exact) mass is 485 g/mol. The molecule has 0 saturated carbocycles. The molecule has 6 heteroatoms. The SMILES string of the molecule is C=C(C)N1CCN(c2ccc(N=C(C)CC3=CCCC(C)=C(c4ccnc(C)c4)C(F)=C3)nc2)CC1. The van der Waals surface area contributed by atoms with Crippen molar-refractivity contribution in [3.8, 4) is 0 Å². The van der Waals surface area contributed by atoms with Crippen molar-refractivity contribution in [1.29, 1.82) is 0 Å². The average Bonchev–Trinajstić information content (AvgIpc) is 2.84. The molecule has 5 nitrogen and oxygen atoms in total. The first-order valence-electron chi connectivity index (χ1n) is 12.6. The first-order chi connectivity index (χ1) is 17.3. The molecule has 0 atom stereocenters. The summed E-state index contributed by atoms with van der Waals surface area (Å²) >= 11 is 0. The van der Waals surface area contributed by atoms with E-state index in [2.05, 4.69) is 45.4 Å². The summed E-state index contributed by atoms with van der Waals surface area (Å²) in [6.45, 7) is 15.9. The third kappa shape index (κ3) is 6.36. The quantitative estimate of drug-likeness (QED) is 0.415. The van der Waals surface area contributed by atoms with Crippen molar-refractivity contribution < 1.29 is 4.39 Å². The zero-order chi connectivity index (χ0) is 25.7. The molecular weight excluding hydrogens is 449 g/mol.